The summed E-state index contributed by atoms with van der Waals surface area (Å²) in [5.41, 5.74) is 0.974. The molecule has 0 saturated carbocycles. The normalized spacial score (nSPS) is 14.4. The minimum atomic E-state index is -0.225. The molecule has 0 saturated heterocycles. The van der Waals surface area contributed by atoms with Crippen LogP contribution in [0.15, 0.2) is 24.3 Å². The van der Waals surface area contributed by atoms with Crippen LogP contribution in [0.25, 0.3) is 0 Å². The van der Waals surface area contributed by atoms with Crippen molar-refractivity contribution in [2.45, 2.75) is 0 Å². The fourth-order valence-corrected chi connectivity index (χ4v) is 1.95. The Hall–Kier alpha value is -1.72. The highest BCUT2D eigenvalue weighted by Crippen LogP contribution is 2.21. The maximum Gasteiger partial charge on any atom is 0.261 e. The Morgan fingerprint density at radius 1 is 1.05 bits per heavy atom. The number of amides is 2. The third-order valence-corrected chi connectivity index (χ3v) is 3.02. The number of imide groups is 1. The topological polar surface area (TPSA) is 49.9 Å². The van der Waals surface area contributed by atoms with Crippen LogP contribution < -0.4 is 0 Å². The number of carbonyl (C=O) groups is 2. The molecule has 1 aliphatic rings. The lowest BCUT2D eigenvalue weighted by Gasteiger charge is -2.14. The average Bonchev–Trinajstić information content (AvgIpc) is 2.63. The van der Waals surface area contributed by atoms with Gasteiger partial charge in [-0.15, -0.1) is 0 Å². The lowest BCUT2D eigenvalue weighted by molar-refractivity contribution is 0.0549. The smallest absolute Gasteiger partial charge is 0.261 e. The molecule has 0 unspecified atom stereocenters. The number of benzene rings is 1. The Balaban J connectivity index is 1.87. The van der Waals surface area contributed by atoms with Crippen LogP contribution in [0.2, 0.25) is 0 Å². The Bertz CT molecular complexity index is 450. The number of ether oxygens (including phenoxy) is 1. The van der Waals surface area contributed by atoms with E-state index in [-0.39, 0.29) is 11.8 Å². The number of hydrogen-bond acceptors (Lipinski definition) is 4. The maximum atomic E-state index is 12.0. The molecule has 0 fully saturated rings. The SMILES string of the molecule is CN(C)CCOCCN1C(=O)c2ccccc2C1=O. The van der Waals surface area contributed by atoms with E-state index in [2.05, 4.69) is 0 Å². The Kier molecular flexibility index (Phi) is 4.29. The van der Waals surface area contributed by atoms with E-state index >= 15 is 0 Å². The van der Waals surface area contributed by atoms with Gasteiger partial charge in [-0.3, -0.25) is 14.5 Å². The van der Waals surface area contributed by atoms with Crippen molar-refractivity contribution >= 4 is 11.8 Å². The van der Waals surface area contributed by atoms with Crippen molar-refractivity contribution in [2.75, 3.05) is 40.4 Å². The first-order valence-corrected chi connectivity index (χ1v) is 6.29. The van der Waals surface area contributed by atoms with Crippen molar-refractivity contribution < 1.29 is 14.3 Å². The monoisotopic (exact) mass is 262 g/mol. The lowest BCUT2D eigenvalue weighted by Crippen LogP contribution is -2.33. The molecule has 5 nitrogen and oxygen atoms in total. The number of rotatable bonds is 6. The van der Waals surface area contributed by atoms with E-state index in [9.17, 15) is 9.59 Å². The lowest BCUT2D eigenvalue weighted by atomic mass is 10.1. The molecular weight excluding hydrogens is 244 g/mol. The quantitative estimate of drug-likeness (QED) is 0.563. The Labute approximate surface area is 112 Å². The first kappa shape index (κ1) is 13.7. The number of fused-ring (bicyclic) bond motifs is 1. The molecule has 1 aromatic carbocycles. The van der Waals surface area contributed by atoms with Gasteiger partial charge in [-0.1, -0.05) is 12.1 Å². The van der Waals surface area contributed by atoms with Crippen LogP contribution >= 0.6 is 0 Å². The predicted octanol–water partition coefficient (Wildman–Crippen LogP) is 0.861. The number of carbonyl (C=O) groups excluding carboxylic acids is 2. The zero-order valence-electron chi connectivity index (χ0n) is 11.3. The second-order valence-electron chi connectivity index (χ2n) is 4.72. The predicted molar refractivity (Wildman–Crippen MR) is 71.2 cm³/mol. The van der Waals surface area contributed by atoms with Gasteiger partial charge in [0.25, 0.3) is 11.8 Å². The molecule has 0 spiro atoms. The molecule has 0 bridgehead atoms. The zero-order chi connectivity index (χ0) is 13.8. The first-order chi connectivity index (χ1) is 9.11. The van der Waals surface area contributed by atoms with Gasteiger partial charge in [0.05, 0.1) is 30.9 Å². The number of hydrogen-bond donors (Lipinski definition) is 0. The number of nitrogens with zero attached hydrogens (tertiary/aromatic N) is 2. The summed E-state index contributed by atoms with van der Waals surface area (Å²) < 4.78 is 5.41. The average molecular weight is 262 g/mol. The van der Waals surface area contributed by atoms with Crippen LogP contribution in [0, 0.1) is 0 Å². The third kappa shape index (κ3) is 3.00. The fraction of sp³-hybridized carbons (Fsp3) is 0.429. The fourth-order valence-electron chi connectivity index (χ4n) is 1.95. The summed E-state index contributed by atoms with van der Waals surface area (Å²) >= 11 is 0. The second-order valence-corrected chi connectivity index (χ2v) is 4.72. The summed E-state index contributed by atoms with van der Waals surface area (Å²) in [7, 11) is 3.93. The van der Waals surface area contributed by atoms with Crippen molar-refractivity contribution in [3.05, 3.63) is 35.4 Å². The Morgan fingerprint density at radius 2 is 1.63 bits per heavy atom. The van der Waals surface area contributed by atoms with Gasteiger partial charge in [-0.25, -0.2) is 0 Å². The van der Waals surface area contributed by atoms with Crippen LogP contribution in [-0.4, -0.2) is 62.0 Å². The molecule has 0 aliphatic carbocycles. The van der Waals surface area contributed by atoms with Crippen LogP contribution in [0.4, 0.5) is 0 Å². The van der Waals surface area contributed by atoms with Crippen molar-refractivity contribution in [1.29, 1.82) is 0 Å². The minimum absolute atomic E-state index is 0.225. The van der Waals surface area contributed by atoms with E-state index in [1.54, 1.807) is 24.3 Å². The van der Waals surface area contributed by atoms with E-state index in [1.807, 2.05) is 19.0 Å². The third-order valence-electron chi connectivity index (χ3n) is 3.02. The Morgan fingerprint density at radius 3 is 2.16 bits per heavy atom. The molecule has 1 heterocycles. The van der Waals surface area contributed by atoms with Crippen LogP contribution in [0.5, 0.6) is 0 Å². The van der Waals surface area contributed by atoms with Gasteiger partial charge in [0.15, 0.2) is 0 Å². The molecule has 1 aliphatic heterocycles. The van der Waals surface area contributed by atoms with Crippen molar-refractivity contribution in [3.8, 4) is 0 Å². The highest BCUT2D eigenvalue weighted by molar-refractivity contribution is 6.21. The highest BCUT2D eigenvalue weighted by Gasteiger charge is 2.34. The molecule has 19 heavy (non-hydrogen) atoms. The summed E-state index contributed by atoms with van der Waals surface area (Å²) in [5.74, 6) is -0.450. The van der Waals surface area contributed by atoms with Gasteiger partial charge in [-0.05, 0) is 26.2 Å². The zero-order valence-corrected chi connectivity index (χ0v) is 11.3. The number of likely N-dealkylation sites (N-methyl/N-ethyl adjacent to an activating group) is 1. The van der Waals surface area contributed by atoms with Crippen molar-refractivity contribution in [3.63, 3.8) is 0 Å². The van der Waals surface area contributed by atoms with Crippen molar-refractivity contribution in [2.24, 2.45) is 0 Å². The largest absolute Gasteiger partial charge is 0.378 e. The molecule has 2 amide bonds. The van der Waals surface area contributed by atoms with Gasteiger partial charge in [0.2, 0.25) is 0 Å². The summed E-state index contributed by atoms with van der Waals surface area (Å²) in [6, 6.07) is 6.90. The molecule has 5 heteroatoms. The van der Waals surface area contributed by atoms with Gasteiger partial charge < -0.3 is 9.64 Å². The molecule has 2 rings (SSSR count). The first-order valence-electron chi connectivity index (χ1n) is 6.29. The molecule has 1 aromatic rings. The van der Waals surface area contributed by atoms with Crippen molar-refractivity contribution in [1.82, 2.24) is 9.80 Å². The van der Waals surface area contributed by atoms with Gasteiger partial charge >= 0.3 is 0 Å². The molecule has 0 atom stereocenters. The molecular formula is C14H18N2O3. The van der Waals surface area contributed by atoms with Gasteiger partial charge in [0.1, 0.15) is 0 Å². The minimum Gasteiger partial charge on any atom is -0.378 e. The second kappa shape index (κ2) is 5.95. The molecule has 102 valence electrons. The van der Waals surface area contributed by atoms with E-state index in [0.29, 0.717) is 30.9 Å². The van der Waals surface area contributed by atoms with Gasteiger partial charge in [-0.2, -0.15) is 0 Å². The summed E-state index contributed by atoms with van der Waals surface area (Å²) in [6.07, 6.45) is 0. The van der Waals surface area contributed by atoms with E-state index in [4.69, 9.17) is 4.74 Å². The standard InChI is InChI=1S/C14H18N2O3/c1-15(2)7-9-19-10-8-16-13(17)11-5-3-4-6-12(11)14(16)18/h3-6H,7-10H2,1-2H3. The summed E-state index contributed by atoms with van der Waals surface area (Å²) in [4.78, 5) is 27.3. The van der Waals surface area contributed by atoms with E-state index in [0.717, 1.165) is 6.54 Å². The van der Waals surface area contributed by atoms with Crippen LogP contribution in [0.3, 0.4) is 0 Å². The molecule has 0 radical (unpaired) electrons. The maximum absolute atomic E-state index is 12.0. The van der Waals surface area contributed by atoms with E-state index < -0.39 is 0 Å². The van der Waals surface area contributed by atoms with E-state index in [1.165, 1.54) is 4.90 Å². The summed E-state index contributed by atoms with van der Waals surface area (Å²) in [6.45, 7) is 2.09. The van der Waals surface area contributed by atoms with Crippen LogP contribution in [-0.2, 0) is 4.74 Å². The molecule has 0 aromatic heterocycles. The summed E-state index contributed by atoms with van der Waals surface area (Å²) in [5, 5.41) is 0. The molecule has 0 N–H and O–H groups in total. The van der Waals surface area contributed by atoms with Crippen LogP contribution in [0.1, 0.15) is 20.7 Å². The van der Waals surface area contributed by atoms with Gasteiger partial charge in [0, 0.05) is 6.54 Å². The highest BCUT2D eigenvalue weighted by atomic mass is 16.5.